The van der Waals surface area contributed by atoms with E-state index < -0.39 is 0 Å². The molecule has 1 aromatic heterocycles. The van der Waals surface area contributed by atoms with Crippen LogP contribution in [0.3, 0.4) is 0 Å². The minimum absolute atomic E-state index is 0.145. The summed E-state index contributed by atoms with van der Waals surface area (Å²) in [5.74, 6) is 0.217. The van der Waals surface area contributed by atoms with E-state index in [2.05, 4.69) is 20.3 Å². The van der Waals surface area contributed by atoms with E-state index in [1.807, 2.05) is 6.92 Å². The number of hydrogen-bond acceptors (Lipinski definition) is 4. The average molecular weight is 264 g/mol. The lowest BCUT2D eigenvalue weighted by Gasteiger charge is -2.22. The SMILES string of the molecule is CCO/C=N/c1nc[nH]c1C(=O)NC1CCCCC1. The Morgan fingerprint density at radius 2 is 2.37 bits per heavy atom. The lowest BCUT2D eigenvalue weighted by atomic mass is 9.95. The molecule has 1 aliphatic carbocycles. The summed E-state index contributed by atoms with van der Waals surface area (Å²) >= 11 is 0. The number of aromatic amines is 1. The molecule has 1 aromatic rings. The van der Waals surface area contributed by atoms with E-state index in [0.717, 1.165) is 12.8 Å². The molecule has 6 heteroatoms. The highest BCUT2D eigenvalue weighted by Crippen LogP contribution is 2.19. The molecule has 6 nitrogen and oxygen atoms in total. The summed E-state index contributed by atoms with van der Waals surface area (Å²) in [6.45, 7) is 2.41. The molecule has 104 valence electrons. The third kappa shape index (κ3) is 3.81. The van der Waals surface area contributed by atoms with Gasteiger partial charge >= 0.3 is 0 Å². The molecule has 0 bridgehead atoms. The van der Waals surface area contributed by atoms with Crippen LogP contribution in [0, 0.1) is 0 Å². The van der Waals surface area contributed by atoms with Gasteiger partial charge in [-0.05, 0) is 19.8 Å². The minimum atomic E-state index is -0.145. The molecule has 1 fully saturated rings. The van der Waals surface area contributed by atoms with Gasteiger partial charge in [-0.3, -0.25) is 4.79 Å². The highest BCUT2D eigenvalue weighted by Gasteiger charge is 2.19. The fourth-order valence-corrected chi connectivity index (χ4v) is 2.22. The lowest BCUT2D eigenvalue weighted by molar-refractivity contribution is 0.0924. The Hall–Kier alpha value is -1.85. The molecule has 19 heavy (non-hydrogen) atoms. The number of imidazole rings is 1. The van der Waals surface area contributed by atoms with E-state index in [1.54, 1.807) is 0 Å². The van der Waals surface area contributed by atoms with Crippen molar-refractivity contribution in [2.75, 3.05) is 6.61 Å². The quantitative estimate of drug-likeness (QED) is 0.632. The number of aromatic nitrogens is 2. The Bertz CT molecular complexity index is 436. The number of amides is 1. The summed E-state index contributed by atoms with van der Waals surface area (Å²) in [5.41, 5.74) is 0.390. The van der Waals surface area contributed by atoms with Gasteiger partial charge in [0.25, 0.3) is 5.91 Å². The van der Waals surface area contributed by atoms with Crippen LogP contribution in [0.4, 0.5) is 5.82 Å². The highest BCUT2D eigenvalue weighted by molar-refractivity contribution is 5.96. The fraction of sp³-hybridized carbons (Fsp3) is 0.615. The van der Waals surface area contributed by atoms with Crippen LogP contribution >= 0.6 is 0 Å². The van der Waals surface area contributed by atoms with Gasteiger partial charge in [0.2, 0.25) is 0 Å². The Labute approximate surface area is 112 Å². The molecular weight excluding hydrogens is 244 g/mol. The summed E-state index contributed by atoms with van der Waals surface area (Å²) in [7, 11) is 0. The predicted molar refractivity (Wildman–Crippen MR) is 72.7 cm³/mol. The van der Waals surface area contributed by atoms with Crippen LogP contribution in [0.1, 0.15) is 49.5 Å². The highest BCUT2D eigenvalue weighted by atomic mass is 16.5. The molecule has 0 saturated heterocycles. The van der Waals surface area contributed by atoms with Crippen LogP contribution in [-0.4, -0.2) is 34.9 Å². The fourth-order valence-electron chi connectivity index (χ4n) is 2.22. The van der Waals surface area contributed by atoms with Crippen molar-refractivity contribution in [3.63, 3.8) is 0 Å². The molecular formula is C13H20N4O2. The van der Waals surface area contributed by atoms with Crippen molar-refractivity contribution in [3.8, 4) is 0 Å². The molecule has 1 aliphatic rings. The van der Waals surface area contributed by atoms with Crippen molar-refractivity contribution < 1.29 is 9.53 Å². The molecule has 0 radical (unpaired) electrons. The maximum absolute atomic E-state index is 12.1. The molecule has 1 saturated carbocycles. The van der Waals surface area contributed by atoms with Crippen molar-refractivity contribution in [1.29, 1.82) is 0 Å². The third-order valence-corrected chi connectivity index (χ3v) is 3.20. The summed E-state index contributed by atoms with van der Waals surface area (Å²) in [6.07, 6.45) is 8.52. The number of nitrogens with zero attached hydrogens (tertiary/aromatic N) is 2. The topological polar surface area (TPSA) is 79.4 Å². The van der Waals surface area contributed by atoms with Crippen molar-refractivity contribution in [1.82, 2.24) is 15.3 Å². The van der Waals surface area contributed by atoms with Crippen LogP contribution in [0.5, 0.6) is 0 Å². The first-order valence-corrected chi connectivity index (χ1v) is 6.79. The van der Waals surface area contributed by atoms with Gasteiger partial charge in [0, 0.05) is 6.04 Å². The van der Waals surface area contributed by atoms with Crippen LogP contribution in [0.2, 0.25) is 0 Å². The van der Waals surface area contributed by atoms with E-state index in [4.69, 9.17) is 4.74 Å². The van der Waals surface area contributed by atoms with Crippen LogP contribution in [0.25, 0.3) is 0 Å². The number of carbonyl (C=O) groups excluding carboxylic acids is 1. The van der Waals surface area contributed by atoms with E-state index in [0.29, 0.717) is 18.1 Å². The summed E-state index contributed by atoms with van der Waals surface area (Å²) in [5, 5.41) is 3.03. The Balaban J connectivity index is 1.96. The van der Waals surface area contributed by atoms with Gasteiger partial charge in [-0.1, -0.05) is 19.3 Å². The number of hydrogen-bond donors (Lipinski definition) is 2. The van der Waals surface area contributed by atoms with Crippen molar-refractivity contribution in [2.24, 2.45) is 4.99 Å². The van der Waals surface area contributed by atoms with Gasteiger partial charge in [-0.25, -0.2) is 4.98 Å². The molecule has 1 heterocycles. The second-order valence-electron chi connectivity index (χ2n) is 4.60. The van der Waals surface area contributed by atoms with Crippen LogP contribution in [-0.2, 0) is 4.74 Å². The second kappa shape index (κ2) is 6.92. The van der Waals surface area contributed by atoms with Gasteiger partial charge < -0.3 is 15.0 Å². The lowest BCUT2D eigenvalue weighted by Crippen LogP contribution is -2.36. The van der Waals surface area contributed by atoms with Crippen LogP contribution in [0.15, 0.2) is 11.3 Å². The van der Waals surface area contributed by atoms with E-state index in [1.165, 1.54) is 32.0 Å². The first kappa shape index (κ1) is 13.6. The average Bonchev–Trinajstić information content (AvgIpc) is 2.89. The van der Waals surface area contributed by atoms with Gasteiger partial charge in [0.15, 0.2) is 17.9 Å². The zero-order valence-corrected chi connectivity index (χ0v) is 11.2. The van der Waals surface area contributed by atoms with Gasteiger partial charge in [0.1, 0.15) is 0 Å². The van der Waals surface area contributed by atoms with E-state index in [-0.39, 0.29) is 11.9 Å². The standard InChI is InChI=1S/C13H20N4O2/c1-2-19-9-16-12-11(14-8-15-12)13(18)17-10-6-4-3-5-7-10/h8-10H,2-7H2,1H3,(H,14,15)(H,17,18)/b16-9+. The smallest absolute Gasteiger partial charge is 0.271 e. The minimum Gasteiger partial charge on any atom is -0.483 e. The van der Waals surface area contributed by atoms with Gasteiger partial charge in [-0.15, -0.1) is 0 Å². The van der Waals surface area contributed by atoms with Crippen molar-refractivity contribution >= 4 is 18.1 Å². The molecule has 0 spiro atoms. The number of nitrogens with one attached hydrogen (secondary N) is 2. The molecule has 2 N–H and O–H groups in total. The second-order valence-corrected chi connectivity index (χ2v) is 4.60. The first-order chi connectivity index (χ1) is 9.31. The number of ether oxygens (including phenoxy) is 1. The van der Waals surface area contributed by atoms with Crippen molar-refractivity contribution in [3.05, 3.63) is 12.0 Å². The third-order valence-electron chi connectivity index (χ3n) is 3.20. The van der Waals surface area contributed by atoms with E-state index >= 15 is 0 Å². The Morgan fingerprint density at radius 1 is 1.58 bits per heavy atom. The molecule has 2 rings (SSSR count). The molecule has 0 unspecified atom stereocenters. The van der Waals surface area contributed by atoms with Gasteiger partial charge in [0.05, 0.1) is 12.9 Å². The monoisotopic (exact) mass is 264 g/mol. The van der Waals surface area contributed by atoms with Crippen LogP contribution < -0.4 is 5.32 Å². The summed E-state index contributed by atoms with van der Waals surface area (Å²) in [6, 6.07) is 0.272. The number of H-pyrrole nitrogens is 1. The Kier molecular flexibility index (Phi) is 4.94. The van der Waals surface area contributed by atoms with E-state index in [9.17, 15) is 4.79 Å². The molecule has 0 aromatic carbocycles. The summed E-state index contributed by atoms with van der Waals surface area (Å²) in [4.78, 5) is 23.0. The predicted octanol–water partition coefficient (Wildman–Crippen LogP) is 2.17. The largest absolute Gasteiger partial charge is 0.483 e. The maximum Gasteiger partial charge on any atom is 0.271 e. The maximum atomic E-state index is 12.1. The van der Waals surface area contributed by atoms with Gasteiger partial charge in [-0.2, -0.15) is 4.99 Å². The molecule has 1 amide bonds. The zero-order chi connectivity index (χ0) is 13.5. The molecule has 0 atom stereocenters. The van der Waals surface area contributed by atoms with Crippen molar-refractivity contribution in [2.45, 2.75) is 45.1 Å². The Morgan fingerprint density at radius 3 is 3.11 bits per heavy atom. The molecule has 0 aliphatic heterocycles. The first-order valence-electron chi connectivity index (χ1n) is 6.79. The zero-order valence-electron chi connectivity index (χ0n) is 11.2. The summed E-state index contributed by atoms with van der Waals surface area (Å²) < 4.78 is 5.01. The number of carbonyl (C=O) groups is 1. The normalized spacial score (nSPS) is 16.7. The number of aliphatic imine (C=N–C) groups is 1. The number of rotatable bonds is 5.